The van der Waals surface area contributed by atoms with Gasteiger partial charge in [0.2, 0.25) is 0 Å². The SMILES string of the molecule is CC(CCC(C)OC1CCCCCCC1)CC(=O)OC(C)(C)C. The Morgan fingerprint density at radius 1 is 1.00 bits per heavy atom. The molecule has 2 unspecified atom stereocenters. The van der Waals surface area contributed by atoms with Gasteiger partial charge in [0.05, 0.1) is 12.2 Å². The van der Waals surface area contributed by atoms with Gasteiger partial charge in [0.25, 0.3) is 0 Å². The van der Waals surface area contributed by atoms with Crippen molar-refractivity contribution in [2.24, 2.45) is 5.92 Å². The Labute approximate surface area is 143 Å². The van der Waals surface area contributed by atoms with Gasteiger partial charge in [-0.15, -0.1) is 0 Å². The van der Waals surface area contributed by atoms with Crippen LogP contribution in [0.2, 0.25) is 0 Å². The minimum absolute atomic E-state index is 0.0846. The van der Waals surface area contributed by atoms with Gasteiger partial charge in [-0.2, -0.15) is 0 Å². The molecule has 3 heteroatoms. The van der Waals surface area contributed by atoms with E-state index < -0.39 is 0 Å². The summed E-state index contributed by atoms with van der Waals surface area (Å²) < 4.78 is 11.6. The van der Waals surface area contributed by atoms with Crippen molar-refractivity contribution in [2.45, 2.75) is 117 Å². The number of rotatable bonds is 7. The molecule has 1 rings (SSSR count). The van der Waals surface area contributed by atoms with E-state index in [1.165, 1.54) is 44.9 Å². The molecule has 0 radical (unpaired) electrons. The van der Waals surface area contributed by atoms with E-state index in [9.17, 15) is 4.79 Å². The lowest BCUT2D eigenvalue weighted by atomic mass is 9.97. The fourth-order valence-electron chi connectivity index (χ4n) is 3.24. The van der Waals surface area contributed by atoms with E-state index >= 15 is 0 Å². The van der Waals surface area contributed by atoms with Gasteiger partial charge >= 0.3 is 5.97 Å². The average molecular weight is 327 g/mol. The van der Waals surface area contributed by atoms with Crippen LogP contribution in [0.3, 0.4) is 0 Å². The Morgan fingerprint density at radius 2 is 1.57 bits per heavy atom. The molecule has 0 N–H and O–H groups in total. The fraction of sp³-hybridized carbons (Fsp3) is 0.950. The number of carbonyl (C=O) groups excluding carboxylic acids is 1. The summed E-state index contributed by atoms with van der Waals surface area (Å²) in [6.07, 6.45) is 12.5. The van der Waals surface area contributed by atoms with Crippen molar-refractivity contribution < 1.29 is 14.3 Å². The summed E-state index contributed by atoms with van der Waals surface area (Å²) in [5, 5.41) is 0. The van der Waals surface area contributed by atoms with Gasteiger partial charge in [-0.05, 0) is 59.3 Å². The maximum atomic E-state index is 11.8. The Kier molecular flexibility index (Phi) is 9.19. The predicted octanol–water partition coefficient (Wildman–Crippen LogP) is 5.65. The zero-order valence-corrected chi connectivity index (χ0v) is 16.0. The molecule has 23 heavy (non-hydrogen) atoms. The summed E-state index contributed by atoms with van der Waals surface area (Å²) in [6, 6.07) is 0. The van der Waals surface area contributed by atoms with Crippen LogP contribution in [0.1, 0.15) is 98.8 Å². The highest BCUT2D eigenvalue weighted by atomic mass is 16.6. The first kappa shape index (κ1) is 20.5. The monoisotopic (exact) mass is 326 g/mol. The Morgan fingerprint density at radius 3 is 2.13 bits per heavy atom. The molecule has 1 fully saturated rings. The van der Waals surface area contributed by atoms with Crippen LogP contribution < -0.4 is 0 Å². The van der Waals surface area contributed by atoms with E-state index in [1.54, 1.807) is 0 Å². The lowest BCUT2D eigenvalue weighted by Gasteiger charge is -2.25. The lowest BCUT2D eigenvalue weighted by Crippen LogP contribution is -2.25. The molecule has 3 nitrogen and oxygen atoms in total. The standard InChI is InChI=1S/C20H38O3/c1-16(15-19(21)23-20(3,4)5)13-14-17(2)22-18-11-9-7-6-8-10-12-18/h16-18H,6-15H2,1-5H3. The molecule has 0 aromatic carbocycles. The summed E-state index contributed by atoms with van der Waals surface area (Å²) in [5.41, 5.74) is -0.384. The van der Waals surface area contributed by atoms with Crippen LogP contribution in [0.15, 0.2) is 0 Å². The van der Waals surface area contributed by atoms with E-state index in [1.807, 2.05) is 20.8 Å². The molecule has 1 aliphatic rings. The molecule has 0 heterocycles. The van der Waals surface area contributed by atoms with Gasteiger partial charge in [0, 0.05) is 6.42 Å². The third kappa shape index (κ3) is 10.8. The zero-order valence-electron chi connectivity index (χ0n) is 16.0. The van der Waals surface area contributed by atoms with Crippen LogP contribution >= 0.6 is 0 Å². The second kappa shape index (κ2) is 10.3. The third-order valence-electron chi connectivity index (χ3n) is 4.48. The van der Waals surface area contributed by atoms with Gasteiger partial charge in [-0.1, -0.05) is 39.0 Å². The number of esters is 1. The molecule has 0 saturated heterocycles. The lowest BCUT2D eigenvalue weighted by molar-refractivity contribution is -0.155. The molecule has 0 aromatic rings. The molecular weight excluding hydrogens is 288 g/mol. The van der Waals surface area contributed by atoms with Crippen molar-refractivity contribution in [1.29, 1.82) is 0 Å². The number of hydrogen-bond acceptors (Lipinski definition) is 3. The fourth-order valence-corrected chi connectivity index (χ4v) is 3.24. The third-order valence-corrected chi connectivity index (χ3v) is 4.48. The van der Waals surface area contributed by atoms with Crippen molar-refractivity contribution in [3.05, 3.63) is 0 Å². The van der Waals surface area contributed by atoms with Gasteiger partial charge < -0.3 is 9.47 Å². The van der Waals surface area contributed by atoms with Gasteiger partial charge in [-0.3, -0.25) is 4.79 Å². The maximum absolute atomic E-state index is 11.8. The second-order valence-electron chi connectivity index (χ2n) is 8.39. The van der Waals surface area contributed by atoms with Gasteiger partial charge in [0.1, 0.15) is 5.60 Å². The van der Waals surface area contributed by atoms with E-state index in [4.69, 9.17) is 9.47 Å². The van der Waals surface area contributed by atoms with Crippen LogP contribution in [0.5, 0.6) is 0 Å². The first-order valence-corrected chi connectivity index (χ1v) is 9.63. The van der Waals surface area contributed by atoms with Crippen LogP contribution in [0.25, 0.3) is 0 Å². The number of ether oxygens (including phenoxy) is 2. The first-order valence-electron chi connectivity index (χ1n) is 9.63. The Bertz CT molecular complexity index is 324. The molecular formula is C20H38O3. The molecule has 0 spiro atoms. The van der Waals surface area contributed by atoms with Crippen molar-refractivity contribution in [3.63, 3.8) is 0 Å². The van der Waals surface area contributed by atoms with Crippen molar-refractivity contribution >= 4 is 5.97 Å². The molecule has 136 valence electrons. The number of carbonyl (C=O) groups is 1. The normalized spacial score (nSPS) is 20.4. The molecule has 0 amide bonds. The molecule has 0 aromatic heterocycles. The van der Waals surface area contributed by atoms with E-state index in [-0.39, 0.29) is 11.6 Å². The predicted molar refractivity (Wildman–Crippen MR) is 95.5 cm³/mol. The smallest absolute Gasteiger partial charge is 0.306 e. The van der Waals surface area contributed by atoms with E-state index in [0.29, 0.717) is 24.5 Å². The molecule has 1 saturated carbocycles. The summed E-state index contributed by atoms with van der Waals surface area (Å²) in [5.74, 6) is 0.270. The number of hydrogen-bond donors (Lipinski definition) is 0. The largest absolute Gasteiger partial charge is 0.460 e. The van der Waals surface area contributed by atoms with E-state index in [2.05, 4.69) is 13.8 Å². The highest BCUT2D eigenvalue weighted by molar-refractivity contribution is 5.70. The minimum Gasteiger partial charge on any atom is -0.460 e. The quantitative estimate of drug-likeness (QED) is 0.567. The average Bonchev–Trinajstić information content (AvgIpc) is 2.37. The van der Waals surface area contributed by atoms with Gasteiger partial charge in [0.15, 0.2) is 0 Å². The topological polar surface area (TPSA) is 35.5 Å². The van der Waals surface area contributed by atoms with Crippen LogP contribution in [0.4, 0.5) is 0 Å². The Hall–Kier alpha value is -0.570. The molecule has 1 aliphatic carbocycles. The van der Waals surface area contributed by atoms with Crippen molar-refractivity contribution in [3.8, 4) is 0 Å². The maximum Gasteiger partial charge on any atom is 0.306 e. The van der Waals surface area contributed by atoms with Crippen LogP contribution in [0, 0.1) is 5.92 Å². The van der Waals surface area contributed by atoms with Crippen LogP contribution in [-0.2, 0) is 14.3 Å². The Balaban J connectivity index is 2.20. The first-order chi connectivity index (χ1) is 10.8. The summed E-state index contributed by atoms with van der Waals surface area (Å²) in [4.78, 5) is 11.8. The summed E-state index contributed by atoms with van der Waals surface area (Å²) >= 11 is 0. The molecule has 0 bridgehead atoms. The molecule has 0 aliphatic heterocycles. The second-order valence-corrected chi connectivity index (χ2v) is 8.39. The summed E-state index contributed by atoms with van der Waals surface area (Å²) in [7, 11) is 0. The molecule has 2 atom stereocenters. The van der Waals surface area contributed by atoms with E-state index in [0.717, 1.165) is 12.8 Å². The van der Waals surface area contributed by atoms with Crippen molar-refractivity contribution in [1.82, 2.24) is 0 Å². The van der Waals surface area contributed by atoms with Crippen LogP contribution in [-0.4, -0.2) is 23.8 Å². The van der Waals surface area contributed by atoms with Gasteiger partial charge in [-0.25, -0.2) is 0 Å². The summed E-state index contributed by atoms with van der Waals surface area (Å²) in [6.45, 7) is 10.1. The highest BCUT2D eigenvalue weighted by Gasteiger charge is 2.20. The van der Waals surface area contributed by atoms with Crippen molar-refractivity contribution in [2.75, 3.05) is 0 Å². The zero-order chi connectivity index (χ0) is 17.3. The minimum atomic E-state index is -0.384. The highest BCUT2D eigenvalue weighted by Crippen LogP contribution is 2.23.